The number of hydrogen-bond acceptors (Lipinski definition) is 2. The fourth-order valence-electron chi connectivity index (χ4n) is 2.79. The molecule has 4 nitrogen and oxygen atoms in total. The van der Waals surface area contributed by atoms with Crippen LogP contribution in [0.3, 0.4) is 0 Å². The third kappa shape index (κ3) is 2.60. The Balaban J connectivity index is 2.17. The largest absolute Gasteiger partial charge is 0.476 e. The molecular weight excluding hydrogens is 356 g/mol. The van der Waals surface area contributed by atoms with Crippen molar-refractivity contribution >= 4 is 33.5 Å². The van der Waals surface area contributed by atoms with Crippen LogP contribution in [0.2, 0.25) is 5.02 Å². The Labute approximate surface area is 135 Å². The van der Waals surface area contributed by atoms with Crippen molar-refractivity contribution < 1.29 is 9.90 Å². The van der Waals surface area contributed by atoms with Crippen LogP contribution in [0, 0.1) is 5.92 Å². The zero-order chi connectivity index (χ0) is 15.1. The van der Waals surface area contributed by atoms with Gasteiger partial charge in [-0.15, -0.1) is 0 Å². The molecule has 0 spiro atoms. The summed E-state index contributed by atoms with van der Waals surface area (Å²) < 4.78 is 2.51. The summed E-state index contributed by atoms with van der Waals surface area (Å²) in [4.78, 5) is 11.4. The average Bonchev–Trinajstić information content (AvgIpc) is 2.80. The molecule has 1 N–H and O–H groups in total. The Morgan fingerprint density at radius 2 is 2.29 bits per heavy atom. The molecule has 2 aromatic rings. The van der Waals surface area contributed by atoms with Gasteiger partial charge in [0.2, 0.25) is 0 Å². The smallest absolute Gasteiger partial charge is 0.356 e. The predicted molar refractivity (Wildman–Crippen MR) is 84.4 cm³/mol. The Morgan fingerprint density at radius 1 is 1.52 bits per heavy atom. The van der Waals surface area contributed by atoms with Crippen LogP contribution in [0.5, 0.6) is 0 Å². The number of fused-ring (bicyclic) bond motifs is 1. The lowest BCUT2D eigenvalue weighted by molar-refractivity contribution is 0.0688. The molecule has 1 aromatic carbocycles. The highest BCUT2D eigenvalue weighted by Crippen LogP contribution is 2.31. The van der Waals surface area contributed by atoms with E-state index in [4.69, 9.17) is 11.6 Å². The second kappa shape index (κ2) is 5.46. The van der Waals surface area contributed by atoms with Gasteiger partial charge in [-0.1, -0.05) is 18.5 Å². The monoisotopic (exact) mass is 368 g/mol. The molecule has 0 aliphatic heterocycles. The van der Waals surface area contributed by atoms with E-state index in [9.17, 15) is 9.90 Å². The summed E-state index contributed by atoms with van der Waals surface area (Å²) in [6.07, 6.45) is 2.66. The Bertz CT molecular complexity index is 727. The molecule has 3 rings (SSSR count). The van der Waals surface area contributed by atoms with Gasteiger partial charge in [0.1, 0.15) is 0 Å². The van der Waals surface area contributed by atoms with Gasteiger partial charge in [-0.05, 0) is 59.3 Å². The van der Waals surface area contributed by atoms with E-state index in [0.717, 1.165) is 40.7 Å². The van der Waals surface area contributed by atoms with Gasteiger partial charge >= 0.3 is 5.97 Å². The van der Waals surface area contributed by atoms with Crippen molar-refractivity contribution in [1.29, 1.82) is 0 Å². The zero-order valence-electron chi connectivity index (χ0n) is 11.4. The number of aromatic carboxylic acids is 1. The first-order valence-electron chi connectivity index (χ1n) is 6.77. The van der Waals surface area contributed by atoms with Crippen molar-refractivity contribution in [2.45, 2.75) is 26.2 Å². The highest BCUT2D eigenvalue weighted by atomic mass is 79.9. The van der Waals surface area contributed by atoms with E-state index in [0.29, 0.717) is 10.9 Å². The first-order valence-corrected chi connectivity index (χ1v) is 7.94. The van der Waals surface area contributed by atoms with Gasteiger partial charge in [0.25, 0.3) is 0 Å². The molecule has 1 atom stereocenters. The molecule has 0 saturated heterocycles. The third-order valence-corrected chi connectivity index (χ3v) is 5.08. The third-order valence-electron chi connectivity index (χ3n) is 3.87. The molecule has 110 valence electrons. The summed E-state index contributed by atoms with van der Waals surface area (Å²) in [7, 11) is 0. The van der Waals surface area contributed by atoms with E-state index in [1.807, 2.05) is 12.1 Å². The molecule has 0 saturated carbocycles. The average molecular weight is 370 g/mol. The van der Waals surface area contributed by atoms with E-state index >= 15 is 0 Å². The minimum Gasteiger partial charge on any atom is -0.476 e. The maximum atomic E-state index is 11.4. The van der Waals surface area contributed by atoms with Crippen molar-refractivity contribution in [3.63, 3.8) is 0 Å². The van der Waals surface area contributed by atoms with Crippen LogP contribution in [-0.4, -0.2) is 20.9 Å². The van der Waals surface area contributed by atoms with Crippen molar-refractivity contribution in [2.24, 2.45) is 5.92 Å². The van der Waals surface area contributed by atoms with Gasteiger partial charge < -0.3 is 5.11 Å². The summed E-state index contributed by atoms with van der Waals surface area (Å²) in [6.45, 7) is 2.14. The summed E-state index contributed by atoms with van der Waals surface area (Å²) in [6, 6.07) is 5.49. The summed E-state index contributed by atoms with van der Waals surface area (Å²) in [5.74, 6) is -0.475. The number of halogens is 2. The van der Waals surface area contributed by atoms with Crippen LogP contribution in [0.4, 0.5) is 0 Å². The Kier molecular flexibility index (Phi) is 3.80. The molecule has 1 heterocycles. The first kappa shape index (κ1) is 14.6. The maximum absolute atomic E-state index is 11.4. The lowest BCUT2D eigenvalue weighted by atomic mass is 9.87. The van der Waals surface area contributed by atoms with E-state index in [-0.39, 0.29) is 5.69 Å². The molecule has 1 aliphatic carbocycles. The number of hydrogen-bond donors (Lipinski definition) is 1. The second-order valence-corrected chi connectivity index (χ2v) is 6.70. The lowest BCUT2D eigenvalue weighted by Gasteiger charge is -2.19. The summed E-state index contributed by atoms with van der Waals surface area (Å²) >= 11 is 9.41. The number of carbonyl (C=O) groups is 1. The van der Waals surface area contributed by atoms with Gasteiger partial charge in [0, 0.05) is 15.7 Å². The molecule has 0 fully saturated rings. The fourth-order valence-corrected chi connectivity index (χ4v) is 3.28. The first-order chi connectivity index (χ1) is 9.97. The topological polar surface area (TPSA) is 55.1 Å². The summed E-state index contributed by atoms with van der Waals surface area (Å²) in [5, 5.41) is 14.3. The van der Waals surface area contributed by atoms with Gasteiger partial charge in [0.05, 0.1) is 10.7 Å². The molecule has 21 heavy (non-hydrogen) atoms. The van der Waals surface area contributed by atoms with E-state index in [1.165, 1.54) is 0 Å². The molecule has 6 heteroatoms. The molecular formula is C15H14BrClN2O2. The number of rotatable bonds is 2. The molecule has 0 amide bonds. The van der Waals surface area contributed by atoms with Crippen LogP contribution in [0.15, 0.2) is 22.7 Å². The van der Waals surface area contributed by atoms with Crippen LogP contribution >= 0.6 is 27.5 Å². The molecule has 1 aliphatic rings. The number of carboxylic acids is 1. The van der Waals surface area contributed by atoms with E-state index in [1.54, 1.807) is 10.7 Å². The van der Waals surface area contributed by atoms with Crippen molar-refractivity contribution in [3.8, 4) is 5.69 Å². The fraction of sp³-hybridized carbons (Fsp3) is 0.333. The van der Waals surface area contributed by atoms with Crippen LogP contribution < -0.4 is 0 Å². The quantitative estimate of drug-likeness (QED) is 0.866. The van der Waals surface area contributed by atoms with Gasteiger partial charge in [-0.3, -0.25) is 0 Å². The number of nitrogens with zero attached hydrogens (tertiary/aromatic N) is 2. The van der Waals surface area contributed by atoms with E-state index < -0.39 is 5.97 Å². The highest BCUT2D eigenvalue weighted by Gasteiger charge is 2.28. The van der Waals surface area contributed by atoms with Crippen LogP contribution in [0.1, 0.15) is 35.1 Å². The van der Waals surface area contributed by atoms with Gasteiger partial charge in [0.15, 0.2) is 5.69 Å². The number of carboxylic acid groups (broad SMARTS) is 1. The lowest BCUT2D eigenvalue weighted by Crippen LogP contribution is -2.14. The highest BCUT2D eigenvalue weighted by molar-refractivity contribution is 9.10. The van der Waals surface area contributed by atoms with Crippen LogP contribution in [0.25, 0.3) is 5.69 Å². The van der Waals surface area contributed by atoms with Gasteiger partial charge in [-0.2, -0.15) is 5.10 Å². The SMILES string of the molecule is CC1CCc2c(c(C(=O)O)nn2-c2ccc(Cl)c(Br)c2)C1. The summed E-state index contributed by atoms with van der Waals surface area (Å²) in [5.41, 5.74) is 2.86. The Hall–Kier alpha value is -1.33. The van der Waals surface area contributed by atoms with Crippen molar-refractivity contribution in [3.05, 3.63) is 44.6 Å². The molecule has 1 aromatic heterocycles. The maximum Gasteiger partial charge on any atom is 0.356 e. The number of benzene rings is 1. The van der Waals surface area contributed by atoms with Crippen molar-refractivity contribution in [2.75, 3.05) is 0 Å². The normalized spacial score (nSPS) is 17.6. The molecule has 1 unspecified atom stereocenters. The second-order valence-electron chi connectivity index (χ2n) is 5.44. The minimum atomic E-state index is -0.966. The standard InChI is InChI=1S/C15H14BrClN2O2/c1-8-2-5-13-10(6-8)14(15(20)21)18-19(13)9-3-4-12(17)11(16)7-9/h3-4,7-8H,2,5-6H2,1H3,(H,20,21). The zero-order valence-corrected chi connectivity index (χ0v) is 13.8. The minimum absolute atomic E-state index is 0.169. The molecule has 0 radical (unpaired) electrons. The molecule has 0 bridgehead atoms. The van der Waals surface area contributed by atoms with Crippen molar-refractivity contribution in [1.82, 2.24) is 9.78 Å². The Morgan fingerprint density at radius 3 is 2.95 bits per heavy atom. The van der Waals surface area contributed by atoms with Gasteiger partial charge in [-0.25, -0.2) is 9.48 Å². The van der Waals surface area contributed by atoms with E-state index in [2.05, 4.69) is 28.0 Å². The predicted octanol–water partition coefficient (Wildman–Crippen LogP) is 4.11. The van der Waals surface area contributed by atoms with Crippen LogP contribution in [-0.2, 0) is 12.8 Å². The number of aromatic nitrogens is 2.